The van der Waals surface area contributed by atoms with E-state index >= 15 is 0 Å². The number of nitrogens with zero attached hydrogens (tertiary/aromatic N) is 2. The number of aromatic amines is 2. The Hall–Kier alpha value is -4.46. The van der Waals surface area contributed by atoms with E-state index in [-0.39, 0.29) is 24.8 Å². The van der Waals surface area contributed by atoms with Crippen LogP contribution in [0.25, 0.3) is 44.4 Å². The lowest BCUT2D eigenvalue weighted by atomic mass is 9.96. The monoisotopic (exact) mass is 594 g/mol. The first-order chi connectivity index (χ1) is 21.1. The molecule has 8 nitrogen and oxygen atoms in total. The van der Waals surface area contributed by atoms with Crippen LogP contribution in [0.4, 0.5) is 0 Å². The van der Waals surface area contributed by atoms with Gasteiger partial charge >= 0.3 is 11.9 Å². The zero-order valence-electron chi connectivity index (χ0n) is 27.1. The SMILES string of the molecule is CCc1c(C)c2cc3[nH]c(cc4nc(cc5nc(cc1[nH]2)C(CCC(=O)OC)=C5CCC(=O)OC)C(C)=C4C)c(C)c3CC. The van der Waals surface area contributed by atoms with Crippen molar-refractivity contribution in [1.29, 1.82) is 0 Å². The minimum Gasteiger partial charge on any atom is -0.469 e. The molecule has 0 saturated heterocycles. The Morgan fingerprint density at radius 1 is 0.614 bits per heavy atom. The van der Waals surface area contributed by atoms with Gasteiger partial charge < -0.3 is 19.4 Å². The number of rotatable bonds is 8. The van der Waals surface area contributed by atoms with E-state index in [1.54, 1.807) is 0 Å². The van der Waals surface area contributed by atoms with Crippen molar-refractivity contribution in [1.82, 2.24) is 19.9 Å². The molecule has 2 N–H and O–H groups in total. The van der Waals surface area contributed by atoms with Crippen molar-refractivity contribution in [3.63, 3.8) is 0 Å². The molecule has 5 rings (SSSR count). The molecule has 0 amide bonds. The molecular weight excluding hydrogens is 552 g/mol. The molecule has 0 spiro atoms. The van der Waals surface area contributed by atoms with Crippen LogP contribution in [0.2, 0.25) is 0 Å². The Bertz CT molecular complexity index is 1890. The first kappa shape index (κ1) is 31.0. The Kier molecular flexibility index (Phi) is 8.90. The predicted molar refractivity (Wildman–Crippen MR) is 177 cm³/mol. The molecule has 5 heterocycles. The maximum Gasteiger partial charge on any atom is 0.305 e. The van der Waals surface area contributed by atoms with Gasteiger partial charge in [-0.15, -0.1) is 0 Å². The Balaban J connectivity index is 1.90. The maximum atomic E-state index is 12.3. The third-order valence-electron chi connectivity index (χ3n) is 9.14. The molecule has 3 aromatic heterocycles. The summed E-state index contributed by atoms with van der Waals surface area (Å²) in [6.45, 7) is 12.8. The van der Waals surface area contributed by atoms with Crippen LogP contribution < -0.4 is 0 Å². The van der Waals surface area contributed by atoms with Crippen molar-refractivity contribution in [3.8, 4) is 0 Å². The third kappa shape index (κ3) is 5.73. The number of aryl methyl sites for hydroxylation is 4. The molecule has 0 aromatic carbocycles. The molecule has 8 bridgehead atoms. The second-order valence-corrected chi connectivity index (χ2v) is 11.5. The average Bonchev–Trinajstić information content (AvgIpc) is 3.68. The molecule has 2 aliphatic rings. The van der Waals surface area contributed by atoms with Crippen LogP contribution in [0.1, 0.15) is 98.4 Å². The molecule has 0 atom stereocenters. The third-order valence-corrected chi connectivity index (χ3v) is 9.14. The van der Waals surface area contributed by atoms with Gasteiger partial charge in [-0.2, -0.15) is 0 Å². The summed E-state index contributed by atoms with van der Waals surface area (Å²) >= 11 is 0. The molecular formula is C36H42N4O4. The highest BCUT2D eigenvalue weighted by Crippen LogP contribution is 2.39. The predicted octanol–water partition coefficient (Wildman–Crippen LogP) is 7.82. The summed E-state index contributed by atoms with van der Waals surface area (Å²) in [6.07, 6.45) is 3.03. The number of methoxy groups -OCH3 is 2. The quantitative estimate of drug-likeness (QED) is 0.257. The van der Waals surface area contributed by atoms with E-state index in [1.165, 1.54) is 36.5 Å². The summed E-state index contributed by atoms with van der Waals surface area (Å²) in [5.41, 5.74) is 16.4. The minimum absolute atomic E-state index is 0.202. The number of allylic oxidation sites excluding steroid dienone is 4. The second kappa shape index (κ2) is 12.6. The number of carbonyl (C=O) groups is 2. The normalized spacial score (nSPS) is 13.1. The fraction of sp³-hybridized carbons (Fsp3) is 0.389. The van der Waals surface area contributed by atoms with Crippen molar-refractivity contribution in [2.75, 3.05) is 14.2 Å². The lowest BCUT2D eigenvalue weighted by molar-refractivity contribution is -0.141. The Labute approximate surface area is 258 Å². The number of H-pyrrole nitrogens is 2. The number of hydrogen-bond donors (Lipinski definition) is 2. The average molecular weight is 595 g/mol. The van der Waals surface area contributed by atoms with Gasteiger partial charge in [0.25, 0.3) is 0 Å². The van der Waals surface area contributed by atoms with Crippen LogP contribution in [0.15, 0.2) is 24.3 Å². The van der Waals surface area contributed by atoms with E-state index in [4.69, 9.17) is 19.4 Å². The summed E-state index contributed by atoms with van der Waals surface area (Å²) in [5.74, 6) is -0.589. The van der Waals surface area contributed by atoms with Crippen LogP contribution >= 0.6 is 0 Å². The van der Waals surface area contributed by atoms with Gasteiger partial charge in [-0.3, -0.25) is 9.59 Å². The van der Waals surface area contributed by atoms with E-state index in [2.05, 4.69) is 69.7 Å². The van der Waals surface area contributed by atoms with E-state index in [0.717, 1.165) is 80.0 Å². The molecule has 8 heteroatoms. The van der Waals surface area contributed by atoms with Crippen molar-refractivity contribution < 1.29 is 19.1 Å². The van der Waals surface area contributed by atoms with Gasteiger partial charge in [-0.1, -0.05) is 13.8 Å². The van der Waals surface area contributed by atoms with Crippen molar-refractivity contribution in [2.45, 2.75) is 80.1 Å². The number of esters is 2. The second-order valence-electron chi connectivity index (χ2n) is 11.5. The number of ether oxygens (including phenoxy) is 2. The standard InChI is InChI=1S/C36H42N4O4/c1-9-23-21(5)29-15-27-19(3)20(4)28(37-27)16-33-25(11-13-35(41)43-7)26(12-14-36(42)44-8)34(40-33)18-32-24(10-2)22(6)30(39-32)17-31(23)38-29/h15-18,38-39H,9-14H2,1-8H3. The summed E-state index contributed by atoms with van der Waals surface area (Å²) in [6, 6.07) is 8.45. The Morgan fingerprint density at radius 3 is 1.52 bits per heavy atom. The number of aromatic nitrogens is 4. The van der Waals surface area contributed by atoms with Crippen molar-refractivity contribution in [3.05, 3.63) is 69.3 Å². The van der Waals surface area contributed by atoms with Crippen LogP contribution in [0.3, 0.4) is 0 Å². The van der Waals surface area contributed by atoms with Crippen LogP contribution in [-0.2, 0) is 31.9 Å². The molecule has 0 saturated carbocycles. The van der Waals surface area contributed by atoms with Gasteiger partial charge in [-0.25, -0.2) is 9.97 Å². The van der Waals surface area contributed by atoms with Gasteiger partial charge in [0.2, 0.25) is 0 Å². The molecule has 44 heavy (non-hydrogen) atoms. The highest BCUT2D eigenvalue weighted by molar-refractivity contribution is 5.97. The molecule has 230 valence electrons. The smallest absolute Gasteiger partial charge is 0.305 e. The largest absolute Gasteiger partial charge is 0.469 e. The number of carbonyl (C=O) groups excluding carboxylic acids is 2. The molecule has 0 aliphatic carbocycles. The van der Waals surface area contributed by atoms with E-state index in [0.29, 0.717) is 12.8 Å². The molecule has 2 aliphatic heterocycles. The van der Waals surface area contributed by atoms with Crippen LogP contribution in [0, 0.1) is 13.8 Å². The maximum absolute atomic E-state index is 12.3. The van der Waals surface area contributed by atoms with E-state index in [1.807, 2.05) is 6.07 Å². The van der Waals surface area contributed by atoms with Gasteiger partial charge in [0, 0.05) is 34.9 Å². The zero-order valence-corrected chi connectivity index (χ0v) is 27.1. The van der Waals surface area contributed by atoms with Crippen molar-refractivity contribution >= 4 is 56.3 Å². The highest BCUT2D eigenvalue weighted by atomic mass is 16.5. The summed E-state index contributed by atoms with van der Waals surface area (Å²) in [5, 5.41) is 0. The first-order valence-electron chi connectivity index (χ1n) is 15.4. The lowest BCUT2D eigenvalue weighted by Gasteiger charge is -2.08. The van der Waals surface area contributed by atoms with Crippen LogP contribution in [-0.4, -0.2) is 46.1 Å². The fourth-order valence-electron chi connectivity index (χ4n) is 6.34. The number of hydrogen-bond acceptors (Lipinski definition) is 6. The van der Waals surface area contributed by atoms with E-state index < -0.39 is 0 Å². The minimum atomic E-state index is -0.296. The fourth-order valence-corrected chi connectivity index (χ4v) is 6.34. The van der Waals surface area contributed by atoms with Crippen molar-refractivity contribution in [2.24, 2.45) is 0 Å². The van der Waals surface area contributed by atoms with Crippen LogP contribution in [0.5, 0.6) is 0 Å². The first-order valence-corrected chi connectivity index (χ1v) is 15.4. The van der Waals surface area contributed by atoms with Gasteiger partial charge in [0.1, 0.15) is 0 Å². The summed E-state index contributed by atoms with van der Waals surface area (Å²) < 4.78 is 9.96. The molecule has 0 unspecified atom stereocenters. The molecule has 0 radical (unpaired) electrons. The zero-order chi connectivity index (χ0) is 31.7. The highest BCUT2D eigenvalue weighted by Gasteiger charge is 2.24. The van der Waals surface area contributed by atoms with E-state index in [9.17, 15) is 9.59 Å². The number of nitrogens with one attached hydrogen (secondary N) is 2. The summed E-state index contributed by atoms with van der Waals surface area (Å²) in [7, 11) is 2.79. The topological polar surface area (TPSA) is 110 Å². The van der Waals surface area contributed by atoms with Gasteiger partial charge in [-0.05, 0) is 122 Å². The van der Waals surface area contributed by atoms with Gasteiger partial charge in [0.05, 0.1) is 37.0 Å². The Morgan fingerprint density at radius 2 is 1.02 bits per heavy atom. The number of fused-ring (bicyclic) bond motifs is 8. The molecule has 3 aromatic rings. The summed E-state index contributed by atoms with van der Waals surface area (Å²) in [4.78, 5) is 42.1. The molecule has 0 fully saturated rings. The lowest BCUT2D eigenvalue weighted by Crippen LogP contribution is -2.02. The van der Waals surface area contributed by atoms with Gasteiger partial charge in [0.15, 0.2) is 0 Å².